The molecule has 0 bridgehead atoms. The van der Waals surface area contributed by atoms with Gasteiger partial charge in [0.1, 0.15) is 11.5 Å². The maximum absolute atomic E-state index is 12.4. The molecule has 1 aliphatic carbocycles. The Kier molecular flexibility index (Phi) is 5.87. The Labute approximate surface area is 169 Å². The van der Waals surface area contributed by atoms with Crippen LogP contribution in [0.2, 0.25) is 0 Å². The van der Waals surface area contributed by atoms with E-state index in [1.54, 1.807) is 11.8 Å². The molecule has 3 aromatic rings. The second-order valence-corrected chi connectivity index (χ2v) is 8.37. The molecule has 2 aromatic carbocycles. The van der Waals surface area contributed by atoms with Gasteiger partial charge in [-0.2, -0.15) is 0 Å². The van der Waals surface area contributed by atoms with Crippen LogP contribution in [0.15, 0.2) is 74.8 Å². The van der Waals surface area contributed by atoms with Gasteiger partial charge in [-0.3, -0.25) is 0 Å². The van der Waals surface area contributed by atoms with Crippen LogP contribution in [0, 0.1) is 0 Å². The Morgan fingerprint density at radius 1 is 0.964 bits per heavy atom. The van der Waals surface area contributed by atoms with Crippen LogP contribution in [-0.2, 0) is 5.75 Å². The molecule has 1 saturated carbocycles. The lowest BCUT2D eigenvalue weighted by Gasteiger charge is -2.22. The third kappa shape index (κ3) is 4.33. The minimum Gasteiger partial charge on any atom is -0.507 e. The van der Waals surface area contributed by atoms with Gasteiger partial charge in [-0.15, -0.1) is 11.8 Å². The number of benzene rings is 2. The normalized spacial score (nSPS) is 14.9. The Bertz CT molecular complexity index is 988. The van der Waals surface area contributed by atoms with E-state index in [0.29, 0.717) is 23.0 Å². The number of thioether (sulfide) groups is 1. The first-order valence-electron chi connectivity index (χ1n) is 9.85. The first kappa shape index (κ1) is 18.9. The van der Waals surface area contributed by atoms with E-state index in [-0.39, 0.29) is 5.75 Å². The summed E-state index contributed by atoms with van der Waals surface area (Å²) in [5, 5.41) is 10.4. The van der Waals surface area contributed by atoms with Gasteiger partial charge < -0.3 is 9.52 Å². The predicted octanol–water partition coefficient (Wildman–Crippen LogP) is 6.35. The van der Waals surface area contributed by atoms with E-state index < -0.39 is 5.63 Å². The van der Waals surface area contributed by atoms with Crippen molar-refractivity contribution in [1.29, 1.82) is 0 Å². The summed E-state index contributed by atoms with van der Waals surface area (Å²) in [6.07, 6.45) is 6.49. The van der Waals surface area contributed by atoms with Crippen molar-refractivity contribution in [2.24, 2.45) is 0 Å². The van der Waals surface area contributed by atoms with E-state index in [1.807, 2.05) is 30.3 Å². The molecule has 4 rings (SSSR count). The quantitative estimate of drug-likeness (QED) is 0.514. The first-order chi connectivity index (χ1) is 13.7. The minimum absolute atomic E-state index is 0.00830. The van der Waals surface area contributed by atoms with E-state index in [1.165, 1.54) is 43.7 Å². The average Bonchev–Trinajstić information content (AvgIpc) is 2.74. The monoisotopic (exact) mass is 392 g/mol. The zero-order valence-electron chi connectivity index (χ0n) is 15.8. The summed E-state index contributed by atoms with van der Waals surface area (Å²) in [4.78, 5) is 13.5. The van der Waals surface area contributed by atoms with Crippen LogP contribution in [-0.4, -0.2) is 5.11 Å². The summed E-state index contributed by atoms with van der Waals surface area (Å²) in [7, 11) is 0. The average molecular weight is 393 g/mol. The van der Waals surface area contributed by atoms with Crippen LogP contribution in [0.5, 0.6) is 5.75 Å². The van der Waals surface area contributed by atoms with Crippen LogP contribution in [0.25, 0.3) is 11.3 Å². The molecule has 1 N–H and O–H groups in total. The van der Waals surface area contributed by atoms with Crippen molar-refractivity contribution in [3.05, 3.63) is 82.2 Å². The molecule has 0 unspecified atom stereocenters. The number of aromatic hydroxyl groups is 1. The van der Waals surface area contributed by atoms with Gasteiger partial charge in [-0.1, -0.05) is 61.7 Å². The summed E-state index contributed by atoms with van der Waals surface area (Å²) in [6, 6.07) is 19.5. The van der Waals surface area contributed by atoms with Crippen molar-refractivity contribution in [1.82, 2.24) is 0 Å². The highest BCUT2D eigenvalue weighted by Gasteiger charge is 2.16. The Morgan fingerprint density at radius 3 is 2.50 bits per heavy atom. The van der Waals surface area contributed by atoms with Crippen LogP contribution >= 0.6 is 11.8 Å². The topological polar surface area (TPSA) is 50.4 Å². The van der Waals surface area contributed by atoms with Crippen molar-refractivity contribution in [2.75, 3.05) is 0 Å². The summed E-state index contributed by atoms with van der Waals surface area (Å²) in [5.74, 6) is 1.41. The summed E-state index contributed by atoms with van der Waals surface area (Å²) < 4.78 is 5.45. The predicted molar refractivity (Wildman–Crippen MR) is 114 cm³/mol. The molecular weight excluding hydrogens is 368 g/mol. The van der Waals surface area contributed by atoms with Crippen LogP contribution < -0.4 is 5.63 Å². The highest BCUT2D eigenvalue weighted by molar-refractivity contribution is 7.98. The lowest BCUT2D eigenvalue weighted by atomic mass is 9.84. The fraction of sp³-hybridized carbons (Fsp3) is 0.292. The van der Waals surface area contributed by atoms with E-state index in [9.17, 15) is 9.90 Å². The van der Waals surface area contributed by atoms with Gasteiger partial charge in [0.15, 0.2) is 0 Å². The molecule has 0 radical (unpaired) electrons. The van der Waals surface area contributed by atoms with E-state index in [4.69, 9.17) is 4.42 Å². The summed E-state index contributed by atoms with van der Waals surface area (Å²) in [6.45, 7) is 0. The molecule has 1 fully saturated rings. The van der Waals surface area contributed by atoms with Crippen molar-refractivity contribution < 1.29 is 9.52 Å². The zero-order chi connectivity index (χ0) is 19.3. The number of rotatable bonds is 5. The minimum atomic E-state index is -0.477. The Hall–Kier alpha value is -2.46. The van der Waals surface area contributed by atoms with Gasteiger partial charge in [0.25, 0.3) is 0 Å². The molecular formula is C24H24O3S. The second kappa shape index (κ2) is 8.70. The molecule has 0 aliphatic heterocycles. The third-order valence-corrected chi connectivity index (χ3v) is 6.42. The fourth-order valence-corrected chi connectivity index (χ4v) is 4.80. The third-order valence-electron chi connectivity index (χ3n) is 5.40. The molecule has 3 nitrogen and oxygen atoms in total. The van der Waals surface area contributed by atoms with Crippen LogP contribution in [0.1, 0.15) is 49.1 Å². The fourth-order valence-electron chi connectivity index (χ4n) is 3.83. The van der Waals surface area contributed by atoms with Gasteiger partial charge in [-0.25, -0.2) is 4.79 Å². The zero-order valence-corrected chi connectivity index (χ0v) is 16.6. The summed E-state index contributed by atoms with van der Waals surface area (Å²) in [5.41, 5.74) is 2.00. The molecule has 0 saturated heterocycles. The van der Waals surface area contributed by atoms with Gasteiger partial charge in [0, 0.05) is 22.3 Å². The largest absolute Gasteiger partial charge is 0.507 e. The van der Waals surface area contributed by atoms with Crippen LogP contribution in [0.4, 0.5) is 0 Å². The van der Waals surface area contributed by atoms with Gasteiger partial charge >= 0.3 is 5.63 Å². The maximum Gasteiger partial charge on any atom is 0.344 e. The maximum atomic E-state index is 12.4. The number of hydrogen-bond donors (Lipinski definition) is 1. The van der Waals surface area contributed by atoms with Gasteiger partial charge in [-0.05, 0) is 36.5 Å². The van der Waals surface area contributed by atoms with Crippen molar-refractivity contribution in [3.63, 3.8) is 0 Å². The van der Waals surface area contributed by atoms with Crippen LogP contribution in [0.3, 0.4) is 0 Å². The smallest absolute Gasteiger partial charge is 0.344 e. The first-order valence-corrected chi connectivity index (χ1v) is 10.8. The Morgan fingerprint density at radius 2 is 1.75 bits per heavy atom. The molecule has 0 spiro atoms. The van der Waals surface area contributed by atoms with Crippen molar-refractivity contribution >= 4 is 11.8 Å². The SMILES string of the molecule is O=c1oc(-c2ccccc2)cc(O)c1CSc1cccc(C2CCCCC2)c1. The molecule has 4 heteroatoms. The van der Waals surface area contributed by atoms with E-state index in [0.717, 1.165) is 10.5 Å². The second-order valence-electron chi connectivity index (χ2n) is 7.32. The molecule has 0 atom stereocenters. The van der Waals surface area contributed by atoms with Crippen molar-refractivity contribution in [2.45, 2.75) is 48.7 Å². The highest BCUT2D eigenvalue weighted by atomic mass is 32.2. The lowest BCUT2D eigenvalue weighted by Crippen LogP contribution is -2.07. The molecule has 144 valence electrons. The van der Waals surface area contributed by atoms with Gasteiger partial charge in [0.05, 0.1) is 5.56 Å². The highest BCUT2D eigenvalue weighted by Crippen LogP contribution is 2.35. The van der Waals surface area contributed by atoms with Crippen molar-refractivity contribution in [3.8, 4) is 17.1 Å². The molecule has 1 aromatic heterocycles. The standard InChI is InChI=1S/C24H24O3S/c25-22-15-23(18-10-5-2-6-11-18)27-24(26)21(22)16-28-20-13-7-12-19(14-20)17-8-3-1-4-9-17/h2,5-7,10-15,17,25H,1,3-4,8-9,16H2. The Balaban J connectivity index is 1.50. The lowest BCUT2D eigenvalue weighted by molar-refractivity contribution is 0.443. The molecule has 0 amide bonds. The summed E-state index contributed by atoms with van der Waals surface area (Å²) >= 11 is 1.56. The van der Waals surface area contributed by atoms with E-state index >= 15 is 0 Å². The number of hydrogen-bond acceptors (Lipinski definition) is 4. The molecule has 28 heavy (non-hydrogen) atoms. The van der Waals surface area contributed by atoms with E-state index in [2.05, 4.69) is 24.3 Å². The molecule has 1 aliphatic rings. The van der Waals surface area contributed by atoms with Gasteiger partial charge in [0.2, 0.25) is 0 Å². The molecule has 1 heterocycles.